The first-order chi connectivity index (χ1) is 6.15. The van der Waals surface area contributed by atoms with Crippen molar-refractivity contribution in [1.82, 2.24) is 0 Å². The highest BCUT2D eigenvalue weighted by molar-refractivity contribution is 14.1. The zero-order valence-corrected chi connectivity index (χ0v) is 10.4. The van der Waals surface area contributed by atoms with Crippen LogP contribution in [0.25, 0.3) is 0 Å². The highest BCUT2D eigenvalue weighted by Gasteiger charge is 2.32. The van der Waals surface area contributed by atoms with E-state index in [2.05, 4.69) is 29.5 Å². The molecule has 3 heteroatoms. The fourth-order valence-corrected chi connectivity index (χ4v) is 2.76. The Morgan fingerprint density at radius 1 is 1.54 bits per heavy atom. The first-order valence-electron chi connectivity index (χ1n) is 4.95. The van der Waals surface area contributed by atoms with Crippen molar-refractivity contribution < 1.29 is 9.53 Å². The molecule has 0 N–H and O–H groups in total. The van der Waals surface area contributed by atoms with Crippen molar-refractivity contribution in [3.63, 3.8) is 0 Å². The van der Waals surface area contributed by atoms with Crippen LogP contribution < -0.4 is 0 Å². The quantitative estimate of drug-likeness (QED) is 0.445. The second-order valence-corrected chi connectivity index (χ2v) is 5.51. The Balaban J connectivity index is 2.50. The van der Waals surface area contributed by atoms with Gasteiger partial charge in [-0.25, -0.2) is 0 Å². The Labute approximate surface area is 93.6 Å². The number of halogens is 1. The summed E-state index contributed by atoms with van der Waals surface area (Å²) in [4.78, 5) is 11.5. The molecule has 76 valence electrons. The summed E-state index contributed by atoms with van der Waals surface area (Å²) in [5.74, 6) is 0.664. The summed E-state index contributed by atoms with van der Waals surface area (Å²) in [5.41, 5.74) is 0. The lowest BCUT2D eigenvalue weighted by molar-refractivity contribution is -0.150. The Hall–Kier alpha value is 0.200. The van der Waals surface area contributed by atoms with Crippen LogP contribution in [0.3, 0.4) is 0 Å². The molecular weight excluding hydrogens is 279 g/mol. The van der Waals surface area contributed by atoms with E-state index in [9.17, 15) is 4.79 Å². The largest absolute Gasteiger partial charge is 0.466 e. The monoisotopic (exact) mass is 296 g/mol. The second-order valence-electron chi connectivity index (χ2n) is 3.75. The number of carbonyl (C=O) groups excluding carboxylic acids is 1. The zero-order valence-electron chi connectivity index (χ0n) is 8.25. The van der Waals surface area contributed by atoms with Gasteiger partial charge in [-0.1, -0.05) is 29.5 Å². The van der Waals surface area contributed by atoms with Gasteiger partial charge >= 0.3 is 5.97 Å². The molecule has 2 nitrogen and oxygen atoms in total. The highest BCUT2D eigenvalue weighted by Crippen LogP contribution is 2.34. The predicted molar refractivity (Wildman–Crippen MR) is 60.9 cm³/mol. The molecule has 1 saturated carbocycles. The topological polar surface area (TPSA) is 26.3 Å². The first-order valence-corrected chi connectivity index (χ1v) is 6.20. The van der Waals surface area contributed by atoms with Gasteiger partial charge in [0, 0.05) is 3.92 Å². The maximum Gasteiger partial charge on any atom is 0.309 e. The fourth-order valence-electron chi connectivity index (χ4n) is 1.85. The first kappa shape index (κ1) is 11.3. The summed E-state index contributed by atoms with van der Waals surface area (Å²) < 4.78 is 5.71. The number of alkyl halides is 1. The van der Waals surface area contributed by atoms with E-state index in [1.807, 2.05) is 6.92 Å². The average Bonchev–Trinajstić information content (AvgIpc) is 2.09. The number of ether oxygens (including phenoxy) is 1. The number of esters is 1. The van der Waals surface area contributed by atoms with Crippen LogP contribution in [-0.2, 0) is 9.53 Å². The van der Waals surface area contributed by atoms with Gasteiger partial charge in [0.05, 0.1) is 12.5 Å². The van der Waals surface area contributed by atoms with Crippen molar-refractivity contribution in [2.45, 2.75) is 37.0 Å². The summed E-state index contributed by atoms with van der Waals surface area (Å²) >= 11 is 2.44. The molecule has 0 aromatic rings. The van der Waals surface area contributed by atoms with Crippen LogP contribution in [0.2, 0.25) is 0 Å². The van der Waals surface area contributed by atoms with Gasteiger partial charge in [-0.3, -0.25) is 4.79 Å². The molecule has 0 unspecified atom stereocenters. The summed E-state index contributed by atoms with van der Waals surface area (Å²) in [6, 6.07) is 0. The summed E-state index contributed by atoms with van der Waals surface area (Å²) in [6.07, 6.45) is 3.41. The van der Waals surface area contributed by atoms with Crippen LogP contribution in [-0.4, -0.2) is 16.5 Å². The molecule has 3 atom stereocenters. The lowest BCUT2D eigenvalue weighted by Gasteiger charge is -2.29. The number of hydrogen-bond donors (Lipinski definition) is 0. The smallest absolute Gasteiger partial charge is 0.309 e. The van der Waals surface area contributed by atoms with Gasteiger partial charge in [0.2, 0.25) is 0 Å². The molecule has 0 radical (unpaired) electrons. The van der Waals surface area contributed by atoms with Gasteiger partial charge in [0.1, 0.15) is 0 Å². The lowest BCUT2D eigenvalue weighted by Crippen LogP contribution is -2.31. The van der Waals surface area contributed by atoms with E-state index in [0.717, 1.165) is 12.8 Å². The van der Waals surface area contributed by atoms with Gasteiger partial charge in [-0.2, -0.15) is 0 Å². The normalized spacial score (nSPS) is 34.2. The Morgan fingerprint density at radius 3 is 2.85 bits per heavy atom. The second kappa shape index (κ2) is 5.17. The van der Waals surface area contributed by atoms with Crippen molar-refractivity contribution in [1.29, 1.82) is 0 Å². The van der Waals surface area contributed by atoms with E-state index < -0.39 is 0 Å². The third-order valence-electron chi connectivity index (χ3n) is 2.72. The molecule has 13 heavy (non-hydrogen) atoms. The summed E-state index contributed by atoms with van der Waals surface area (Å²) in [5, 5.41) is 0. The van der Waals surface area contributed by atoms with Crippen LogP contribution in [0, 0.1) is 11.8 Å². The van der Waals surface area contributed by atoms with E-state index >= 15 is 0 Å². The summed E-state index contributed by atoms with van der Waals surface area (Å²) in [6.45, 7) is 4.53. The molecule has 0 spiro atoms. The molecule has 0 bridgehead atoms. The van der Waals surface area contributed by atoms with Crippen molar-refractivity contribution in [3.8, 4) is 0 Å². The molecule has 0 amide bonds. The molecule has 0 aromatic heterocycles. The van der Waals surface area contributed by atoms with Crippen LogP contribution >= 0.6 is 22.6 Å². The lowest BCUT2D eigenvalue weighted by atomic mass is 9.80. The van der Waals surface area contributed by atoms with Gasteiger partial charge in [0.15, 0.2) is 0 Å². The minimum absolute atomic E-state index is 0.0105. The predicted octanol–water partition coefficient (Wildman–Crippen LogP) is 2.79. The van der Waals surface area contributed by atoms with Gasteiger partial charge in [-0.15, -0.1) is 0 Å². The molecule has 0 heterocycles. The van der Waals surface area contributed by atoms with E-state index in [1.54, 1.807) is 0 Å². The molecule has 0 aromatic carbocycles. The van der Waals surface area contributed by atoms with Crippen LogP contribution in [0.4, 0.5) is 0 Å². The Kier molecular flexibility index (Phi) is 4.49. The van der Waals surface area contributed by atoms with Crippen LogP contribution in [0.15, 0.2) is 0 Å². The van der Waals surface area contributed by atoms with Gasteiger partial charge < -0.3 is 4.74 Å². The molecule has 1 aliphatic carbocycles. The minimum atomic E-state index is 0.0105. The van der Waals surface area contributed by atoms with Crippen molar-refractivity contribution >= 4 is 28.6 Å². The maximum absolute atomic E-state index is 11.5. The zero-order chi connectivity index (χ0) is 9.84. The van der Waals surface area contributed by atoms with Crippen molar-refractivity contribution in [3.05, 3.63) is 0 Å². The molecule has 1 rings (SSSR count). The van der Waals surface area contributed by atoms with Crippen molar-refractivity contribution in [2.75, 3.05) is 6.61 Å². The van der Waals surface area contributed by atoms with Gasteiger partial charge in [-0.05, 0) is 32.1 Å². The maximum atomic E-state index is 11.5. The van der Waals surface area contributed by atoms with E-state index in [4.69, 9.17) is 4.74 Å². The highest BCUT2D eigenvalue weighted by atomic mass is 127. The summed E-state index contributed by atoms with van der Waals surface area (Å²) in [7, 11) is 0. The minimum Gasteiger partial charge on any atom is -0.466 e. The number of carbonyl (C=O) groups is 1. The Morgan fingerprint density at radius 2 is 2.23 bits per heavy atom. The van der Waals surface area contributed by atoms with Crippen LogP contribution in [0.5, 0.6) is 0 Å². The molecule has 1 fully saturated rings. The van der Waals surface area contributed by atoms with E-state index in [1.165, 1.54) is 6.42 Å². The van der Waals surface area contributed by atoms with E-state index in [-0.39, 0.29) is 11.9 Å². The van der Waals surface area contributed by atoms with Crippen molar-refractivity contribution in [2.24, 2.45) is 11.8 Å². The Bertz CT molecular complexity index is 182. The third kappa shape index (κ3) is 3.11. The number of rotatable bonds is 2. The molecular formula is C10H17IO2. The average molecular weight is 296 g/mol. The van der Waals surface area contributed by atoms with Crippen LogP contribution in [0.1, 0.15) is 33.1 Å². The third-order valence-corrected chi connectivity index (χ3v) is 3.85. The molecule has 0 saturated heterocycles. The van der Waals surface area contributed by atoms with Gasteiger partial charge in [0.25, 0.3) is 0 Å². The molecule has 0 aliphatic heterocycles. The number of hydrogen-bond acceptors (Lipinski definition) is 2. The standard InChI is InChI=1S/C10H17IO2/c1-3-13-10(12)9-6-8(11)5-4-7(9)2/h7-9H,3-6H2,1-2H3/t7-,8-,9-/m0/s1. The fraction of sp³-hybridized carbons (Fsp3) is 0.900. The molecule has 1 aliphatic rings. The SMILES string of the molecule is CCOC(=O)[C@H]1C[C@@H](I)CC[C@@H]1C. The van der Waals surface area contributed by atoms with E-state index in [0.29, 0.717) is 16.4 Å².